The second kappa shape index (κ2) is 3.83. The summed E-state index contributed by atoms with van der Waals surface area (Å²) in [5, 5.41) is 18.8. The summed E-state index contributed by atoms with van der Waals surface area (Å²) in [7, 11) is 0. The molecule has 13 heavy (non-hydrogen) atoms. The van der Waals surface area contributed by atoms with Crippen LogP contribution in [0.25, 0.3) is 0 Å². The first-order valence-corrected chi connectivity index (χ1v) is 3.73. The summed E-state index contributed by atoms with van der Waals surface area (Å²) in [4.78, 5) is 10.2. The van der Waals surface area contributed by atoms with Crippen LogP contribution in [0.4, 0.5) is 4.79 Å². The summed E-state index contributed by atoms with van der Waals surface area (Å²) < 4.78 is 5.97. The Labute approximate surface area is 74.3 Å². The zero-order valence-electron chi connectivity index (χ0n) is 7.28. The molecule has 7 heteroatoms. The molecule has 1 heterocycles. The van der Waals surface area contributed by atoms with Gasteiger partial charge in [0.05, 0.1) is 6.04 Å². The SMILES string of the molecule is CC(OC(=O)O)C(C)n1cnnn1. The number of nitrogens with zero attached hydrogens (tertiary/aromatic N) is 4. The van der Waals surface area contributed by atoms with E-state index >= 15 is 0 Å². The first kappa shape index (κ1) is 9.43. The predicted molar refractivity (Wildman–Crippen MR) is 41.1 cm³/mol. The quantitative estimate of drug-likeness (QED) is 0.683. The molecule has 1 aromatic rings. The molecule has 0 aliphatic heterocycles. The van der Waals surface area contributed by atoms with Gasteiger partial charge in [-0.15, -0.1) is 5.10 Å². The first-order valence-electron chi connectivity index (χ1n) is 3.73. The molecule has 0 saturated heterocycles. The molecule has 1 N–H and O–H groups in total. The summed E-state index contributed by atoms with van der Waals surface area (Å²) >= 11 is 0. The normalized spacial score (nSPS) is 14.9. The molecule has 0 spiro atoms. The Morgan fingerprint density at radius 1 is 1.62 bits per heavy atom. The highest BCUT2D eigenvalue weighted by atomic mass is 16.7. The number of hydrogen-bond acceptors (Lipinski definition) is 5. The van der Waals surface area contributed by atoms with Crippen molar-refractivity contribution in [1.82, 2.24) is 20.2 Å². The predicted octanol–water partition coefficient (Wildman–Crippen LogP) is 0.317. The van der Waals surface area contributed by atoms with Crippen LogP contribution in [-0.4, -0.2) is 37.6 Å². The smallest absolute Gasteiger partial charge is 0.450 e. The molecule has 2 atom stereocenters. The topological polar surface area (TPSA) is 90.1 Å². The zero-order chi connectivity index (χ0) is 9.84. The summed E-state index contributed by atoms with van der Waals surface area (Å²) in [6.45, 7) is 3.41. The molecular formula is C6H10N4O3. The minimum absolute atomic E-state index is 0.217. The van der Waals surface area contributed by atoms with E-state index in [1.165, 1.54) is 11.0 Å². The average Bonchev–Trinajstić information content (AvgIpc) is 2.53. The Bertz CT molecular complexity index is 273. The van der Waals surface area contributed by atoms with E-state index in [4.69, 9.17) is 5.11 Å². The van der Waals surface area contributed by atoms with Crippen LogP contribution in [0, 0.1) is 0 Å². The number of ether oxygens (including phenoxy) is 1. The highest BCUT2D eigenvalue weighted by Crippen LogP contribution is 2.11. The van der Waals surface area contributed by atoms with E-state index in [1.54, 1.807) is 13.8 Å². The monoisotopic (exact) mass is 186 g/mol. The number of rotatable bonds is 3. The van der Waals surface area contributed by atoms with Crippen molar-refractivity contribution in [2.45, 2.75) is 26.0 Å². The molecule has 0 aromatic carbocycles. The molecule has 2 unspecified atom stereocenters. The number of tetrazole rings is 1. The molecule has 0 amide bonds. The lowest BCUT2D eigenvalue weighted by molar-refractivity contribution is 0.0369. The van der Waals surface area contributed by atoms with Gasteiger partial charge < -0.3 is 9.84 Å². The fraction of sp³-hybridized carbons (Fsp3) is 0.667. The lowest BCUT2D eigenvalue weighted by atomic mass is 10.2. The second-order valence-electron chi connectivity index (χ2n) is 2.62. The van der Waals surface area contributed by atoms with Gasteiger partial charge in [-0.2, -0.15) is 0 Å². The molecule has 1 rings (SSSR count). The Balaban J connectivity index is 2.57. The summed E-state index contributed by atoms with van der Waals surface area (Å²) in [5.41, 5.74) is 0. The maximum Gasteiger partial charge on any atom is 0.506 e. The van der Waals surface area contributed by atoms with Crippen molar-refractivity contribution in [1.29, 1.82) is 0 Å². The molecular weight excluding hydrogens is 176 g/mol. The molecule has 0 aliphatic carbocycles. The van der Waals surface area contributed by atoms with Crippen LogP contribution < -0.4 is 0 Å². The van der Waals surface area contributed by atoms with Gasteiger partial charge in [0.25, 0.3) is 0 Å². The maximum atomic E-state index is 10.2. The van der Waals surface area contributed by atoms with E-state index in [1.807, 2.05) is 0 Å². The van der Waals surface area contributed by atoms with Crippen LogP contribution in [0.5, 0.6) is 0 Å². The Morgan fingerprint density at radius 2 is 2.31 bits per heavy atom. The fourth-order valence-corrected chi connectivity index (χ4v) is 0.828. The second-order valence-corrected chi connectivity index (χ2v) is 2.62. The summed E-state index contributed by atoms with van der Waals surface area (Å²) in [6.07, 6.45) is -0.375. The van der Waals surface area contributed by atoms with Crippen molar-refractivity contribution < 1.29 is 14.6 Å². The fourth-order valence-electron chi connectivity index (χ4n) is 0.828. The average molecular weight is 186 g/mol. The van der Waals surface area contributed by atoms with E-state index in [0.717, 1.165) is 0 Å². The third kappa shape index (κ3) is 2.39. The van der Waals surface area contributed by atoms with Gasteiger partial charge in [-0.3, -0.25) is 0 Å². The maximum absolute atomic E-state index is 10.2. The summed E-state index contributed by atoms with van der Waals surface area (Å²) in [6, 6.07) is -0.217. The van der Waals surface area contributed by atoms with Gasteiger partial charge in [-0.05, 0) is 24.3 Å². The Hall–Kier alpha value is -1.66. The van der Waals surface area contributed by atoms with E-state index in [0.29, 0.717) is 0 Å². The van der Waals surface area contributed by atoms with Crippen molar-refractivity contribution in [3.05, 3.63) is 6.33 Å². The van der Waals surface area contributed by atoms with Gasteiger partial charge in [0.2, 0.25) is 0 Å². The van der Waals surface area contributed by atoms with Gasteiger partial charge in [-0.1, -0.05) is 0 Å². The van der Waals surface area contributed by atoms with Crippen LogP contribution in [0.15, 0.2) is 6.33 Å². The van der Waals surface area contributed by atoms with Gasteiger partial charge in [0, 0.05) is 0 Å². The van der Waals surface area contributed by atoms with Crippen LogP contribution in [-0.2, 0) is 4.74 Å². The van der Waals surface area contributed by atoms with E-state index in [-0.39, 0.29) is 6.04 Å². The van der Waals surface area contributed by atoms with Crippen molar-refractivity contribution in [2.75, 3.05) is 0 Å². The minimum atomic E-state index is -1.30. The molecule has 0 radical (unpaired) electrons. The van der Waals surface area contributed by atoms with Gasteiger partial charge in [0.1, 0.15) is 12.4 Å². The van der Waals surface area contributed by atoms with Gasteiger partial charge in [-0.25, -0.2) is 9.48 Å². The molecule has 0 saturated carbocycles. The molecule has 0 fully saturated rings. The number of hydrogen-bond donors (Lipinski definition) is 1. The molecule has 72 valence electrons. The molecule has 1 aromatic heterocycles. The number of aromatic nitrogens is 4. The highest BCUT2D eigenvalue weighted by molar-refractivity contribution is 5.57. The van der Waals surface area contributed by atoms with Gasteiger partial charge >= 0.3 is 6.16 Å². The van der Waals surface area contributed by atoms with Crippen LogP contribution in [0.2, 0.25) is 0 Å². The molecule has 7 nitrogen and oxygen atoms in total. The van der Waals surface area contributed by atoms with Crippen molar-refractivity contribution in [3.8, 4) is 0 Å². The lowest BCUT2D eigenvalue weighted by Gasteiger charge is -2.17. The minimum Gasteiger partial charge on any atom is -0.450 e. The van der Waals surface area contributed by atoms with Crippen molar-refractivity contribution >= 4 is 6.16 Å². The van der Waals surface area contributed by atoms with E-state index in [9.17, 15) is 4.79 Å². The van der Waals surface area contributed by atoms with Crippen LogP contribution >= 0.6 is 0 Å². The van der Waals surface area contributed by atoms with Crippen LogP contribution in [0.3, 0.4) is 0 Å². The van der Waals surface area contributed by atoms with Gasteiger partial charge in [0.15, 0.2) is 0 Å². The third-order valence-corrected chi connectivity index (χ3v) is 1.75. The zero-order valence-corrected chi connectivity index (χ0v) is 7.28. The lowest BCUT2D eigenvalue weighted by Crippen LogP contribution is -2.24. The van der Waals surface area contributed by atoms with E-state index in [2.05, 4.69) is 20.3 Å². The Kier molecular flexibility index (Phi) is 2.78. The number of carbonyl (C=O) groups is 1. The summed E-state index contributed by atoms with van der Waals surface area (Å²) in [5.74, 6) is 0. The number of carboxylic acid groups (broad SMARTS) is 1. The highest BCUT2D eigenvalue weighted by Gasteiger charge is 2.18. The third-order valence-electron chi connectivity index (χ3n) is 1.75. The molecule has 0 aliphatic rings. The van der Waals surface area contributed by atoms with Crippen LogP contribution in [0.1, 0.15) is 19.9 Å². The first-order chi connectivity index (χ1) is 6.11. The Morgan fingerprint density at radius 3 is 2.77 bits per heavy atom. The van der Waals surface area contributed by atoms with Crippen molar-refractivity contribution in [3.63, 3.8) is 0 Å². The largest absolute Gasteiger partial charge is 0.506 e. The van der Waals surface area contributed by atoms with Crippen molar-refractivity contribution in [2.24, 2.45) is 0 Å². The standard InChI is InChI=1S/C6H10N4O3/c1-4(5(2)13-6(11)12)10-3-7-8-9-10/h3-5H,1-2H3,(H,11,12). The van der Waals surface area contributed by atoms with E-state index < -0.39 is 12.3 Å². The molecule has 0 bridgehead atoms.